The van der Waals surface area contributed by atoms with Crippen LogP contribution in [0.15, 0.2) is 41.6 Å². The number of carbonyl (C=O) groups is 1. The first-order valence-electron chi connectivity index (χ1n) is 8.57. The molecule has 0 bridgehead atoms. The molecule has 140 valence electrons. The molecule has 8 nitrogen and oxygen atoms in total. The molecule has 26 heavy (non-hydrogen) atoms. The Bertz CT molecular complexity index is 859. The van der Waals surface area contributed by atoms with E-state index in [-0.39, 0.29) is 28.7 Å². The number of sulfonamides is 1. The first-order valence-corrected chi connectivity index (χ1v) is 10.0. The maximum Gasteiger partial charge on any atom is 0.243 e. The van der Waals surface area contributed by atoms with Gasteiger partial charge >= 0.3 is 0 Å². The summed E-state index contributed by atoms with van der Waals surface area (Å²) in [4.78, 5) is 12.2. The molecule has 9 heteroatoms. The van der Waals surface area contributed by atoms with E-state index in [2.05, 4.69) is 10.4 Å². The second kappa shape index (κ2) is 7.88. The van der Waals surface area contributed by atoms with Gasteiger partial charge in [0.2, 0.25) is 15.9 Å². The summed E-state index contributed by atoms with van der Waals surface area (Å²) >= 11 is 0. The van der Waals surface area contributed by atoms with Crippen LogP contribution in [-0.2, 0) is 21.4 Å². The lowest BCUT2D eigenvalue weighted by atomic mass is 10.2. The number of phenolic OH excluding ortho intramolecular Hbond substituents is 1. The Morgan fingerprint density at radius 2 is 2.04 bits per heavy atom. The molecular formula is C17H22N4O4S. The van der Waals surface area contributed by atoms with Crippen molar-refractivity contribution < 1.29 is 18.3 Å². The van der Waals surface area contributed by atoms with Gasteiger partial charge in [-0.25, -0.2) is 8.42 Å². The van der Waals surface area contributed by atoms with Gasteiger partial charge in [-0.3, -0.25) is 9.48 Å². The average Bonchev–Trinajstić information content (AvgIpc) is 3.30. The van der Waals surface area contributed by atoms with E-state index < -0.39 is 10.0 Å². The van der Waals surface area contributed by atoms with E-state index in [0.29, 0.717) is 26.1 Å². The van der Waals surface area contributed by atoms with Crippen molar-refractivity contribution in [2.24, 2.45) is 0 Å². The van der Waals surface area contributed by atoms with Crippen LogP contribution in [0.25, 0.3) is 0 Å². The third kappa shape index (κ3) is 4.23. The number of amides is 1. The monoisotopic (exact) mass is 378 g/mol. The molecule has 0 radical (unpaired) electrons. The van der Waals surface area contributed by atoms with E-state index in [4.69, 9.17) is 0 Å². The van der Waals surface area contributed by atoms with Crippen LogP contribution in [0.2, 0.25) is 0 Å². The molecule has 1 aromatic carbocycles. The molecule has 1 saturated heterocycles. The van der Waals surface area contributed by atoms with Crippen molar-refractivity contribution in [2.45, 2.75) is 37.1 Å². The quantitative estimate of drug-likeness (QED) is 0.715. The lowest BCUT2D eigenvalue weighted by Gasteiger charge is -2.16. The van der Waals surface area contributed by atoms with Crippen LogP contribution in [-0.4, -0.2) is 46.6 Å². The molecule has 1 aliphatic heterocycles. The second-order valence-corrected chi connectivity index (χ2v) is 8.15. The topological polar surface area (TPSA) is 105 Å². The minimum Gasteiger partial charge on any atom is -0.506 e. The first-order chi connectivity index (χ1) is 12.5. The minimum absolute atomic E-state index is 0.0732. The van der Waals surface area contributed by atoms with Gasteiger partial charge in [0.25, 0.3) is 0 Å². The van der Waals surface area contributed by atoms with Crippen LogP contribution >= 0.6 is 0 Å². The lowest BCUT2D eigenvalue weighted by Crippen LogP contribution is -2.28. The van der Waals surface area contributed by atoms with Gasteiger partial charge in [-0.15, -0.1) is 0 Å². The number of aromatic nitrogens is 2. The van der Waals surface area contributed by atoms with E-state index in [9.17, 15) is 18.3 Å². The van der Waals surface area contributed by atoms with E-state index in [1.165, 1.54) is 22.5 Å². The lowest BCUT2D eigenvalue weighted by molar-refractivity contribution is -0.116. The SMILES string of the molecule is O=C(CCCn1cccn1)Nc1cc(S(=O)(=O)N2CCCC2)ccc1O. The predicted molar refractivity (Wildman–Crippen MR) is 96.2 cm³/mol. The number of carbonyl (C=O) groups excluding carboxylic acids is 1. The molecule has 3 rings (SSSR count). The van der Waals surface area contributed by atoms with Crippen LogP contribution in [0.5, 0.6) is 5.75 Å². The molecule has 0 saturated carbocycles. The van der Waals surface area contributed by atoms with E-state index >= 15 is 0 Å². The highest BCUT2D eigenvalue weighted by atomic mass is 32.2. The number of hydrogen-bond donors (Lipinski definition) is 2. The molecule has 0 aliphatic carbocycles. The fraction of sp³-hybridized carbons (Fsp3) is 0.412. The molecule has 2 aromatic rings. The van der Waals surface area contributed by atoms with Crippen LogP contribution < -0.4 is 5.32 Å². The fourth-order valence-electron chi connectivity index (χ4n) is 2.90. The number of nitrogens with zero attached hydrogens (tertiary/aromatic N) is 3. The Balaban J connectivity index is 1.64. The maximum atomic E-state index is 12.6. The highest BCUT2D eigenvalue weighted by Crippen LogP contribution is 2.29. The van der Waals surface area contributed by atoms with Crippen LogP contribution in [0.4, 0.5) is 5.69 Å². The zero-order valence-electron chi connectivity index (χ0n) is 14.3. The van der Waals surface area contributed by atoms with E-state index in [1.807, 2.05) is 12.3 Å². The number of aromatic hydroxyl groups is 1. The predicted octanol–water partition coefficient (Wildman–Crippen LogP) is 1.79. The number of aryl methyl sites for hydroxylation is 1. The molecule has 1 aliphatic rings. The Labute approximate surface area is 152 Å². The molecule has 2 N–H and O–H groups in total. The van der Waals surface area contributed by atoms with Crippen molar-refractivity contribution in [3.63, 3.8) is 0 Å². The van der Waals surface area contributed by atoms with Gasteiger partial charge in [-0.05, 0) is 43.5 Å². The number of nitrogens with one attached hydrogen (secondary N) is 1. The molecule has 0 spiro atoms. The zero-order chi connectivity index (χ0) is 18.6. The third-order valence-corrected chi connectivity index (χ3v) is 6.19. The van der Waals surface area contributed by atoms with Gasteiger partial charge in [0.1, 0.15) is 5.75 Å². The third-order valence-electron chi connectivity index (χ3n) is 4.30. The molecule has 0 atom stereocenters. The molecule has 1 amide bonds. The summed E-state index contributed by atoms with van der Waals surface area (Å²) in [5.74, 6) is -0.450. The zero-order valence-corrected chi connectivity index (χ0v) is 15.2. The largest absolute Gasteiger partial charge is 0.506 e. The smallest absolute Gasteiger partial charge is 0.243 e. The Hall–Kier alpha value is -2.39. The van der Waals surface area contributed by atoms with Crippen LogP contribution in [0.1, 0.15) is 25.7 Å². The van der Waals surface area contributed by atoms with Crippen molar-refractivity contribution >= 4 is 21.6 Å². The summed E-state index contributed by atoms with van der Waals surface area (Å²) in [5.41, 5.74) is 0.106. The van der Waals surface area contributed by atoms with E-state index in [1.54, 1.807) is 10.9 Å². The molecule has 2 heterocycles. The summed E-state index contributed by atoms with van der Waals surface area (Å²) < 4.78 is 28.4. The van der Waals surface area contributed by atoms with Crippen molar-refractivity contribution in [1.82, 2.24) is 14.1 Å². The van der Waals surface area contributed by atoms with Crippen LogP contribution in [0.3, 0.4) is 0 Å². The summed E-state index contributed by atoms with van der Waals surface area (Å²) in [6.07, 6.45) is 6.00. The number of rotatable bonds is 7. The van der Waals surface area contributed by atoms with Gasteiger partial charge in [0.15, 0.2) is 0 Å². The Kier molecular flexibility index (Phi) is 5.58. The Morgan fingerprint density at radius 1 is 1.27 bits per heavy atom. The number of phenols is 1. The van der Waals surface area contributed by atoms with Gasteiger partial charge in [-0.1, -0.05) is 0 Å². The minimum atomic E-state index is -3.60. The maximum absolute atomic E-state index is 12.6. The highest BCUT2D eigenvalue weighted by molar-refractivity contribution is 7.89. The van der Waals surface area contributed by atoms with Crippen molar-refractivity contribution in [3.8, 4) is 5.75 Å². The van der Waals surface area contributed by atoms with Crippen LogP contribution in [0, 0.1) is 0 Å². The van der Waals surface area contributed by atoms with Crippen molar-refractivity contribution in [1.29, 1.82) is 0 Å². The number of hydrogen-bond acceptors (Lipinski definition) is 5. The molecule has 1 fully saturated rings. The standard InChI is InChI=1S/C17H22N4O4S/c22-16-7-6-14(26(24,25)21-11-1-2-12-21)13-15(16)19-17(23)5-3-9-20-10-4-8-18-20/h4,6-8,10,13,22H,1-3,5,9,11-12H2,(H,19,23). The molecule has 1 aromatic heterocycles. The normalized spacial score (nSPS) is 15.2. The molecular weight excluding hydrogens is 356 g/mol. The second-order valence-electron chi connectivity index (χ2n) is 6.21. The summed E-state index contributed by atoms with van der Waals surface area (Å²) in [6.45, 7) is 1.60. The number of benzene rings is 1. The summed E-state index contributed by atoms with van der Waals surface area (Å²) in [7, 11) is -3.60. The van der Waals surface area contributed by atoms with E-state index in [0.717, 1.165) is 12.8 Å². The number of anilines is 1. The van der Waals surface area contributed by atoms with Gasteiger partial charge in [-0.2, -0.15) is 9.40 Å². The summed E-state index contributed by atoms with van der Waals surface area (Å²) in [6, 6.07) is 5.78. The first kappa shape index (κ1) is 18.4. The fourth-order valence-corrected chi connectivity index (χ4v) is 4.44. The molecule has 0 unspecified atom stereocenters. The van der Waals surface area contributed by atoms with Crippen molar-refractivity contribution in [2.75, 3.05) is 18.4 Å². The summed E-state index contributed by atoms with van der Waals surface area (Å²) in [5, 5.41) is 16.6. The average molecular weight is 378 g/mol. The Morgan fingerprint density at radius 3 is 2.73 bits per heavy atom. The van der Waals surface area contributed by atoms with Gasteiger partial charge in [0, 0.05) is 38.4 Å². The van der Waals surface area contributed by atoms with Gasteiger partial charge in [0.05, 0.1) is 10.6 Å². The highest BCUT2D eigenvalue weighted by Gasteiger charge is 2.27. The van der Waals surface area contributed by atoms with Gasteiger partial charge < -0.3 is 10.4 Å². The van der Waals surface area contributed by atoms with Crippen molar-refractivity contribution in [3.05, 3.63) is 36.7 Å².